The summed E-state index contributed by atoms with van der Waals surface area (Å²) >= 11 is 0.508. The van der Waals surface area contributed by atoms with Gasteiger partial charge < -0.3 is 4.70 Å². The smallest absolute Gasteiger partial charge is 1.00 e. The summed E-state index contributed by atoms with van der Waals surface area (Å²) in [6.45, 7) is 0. The van der Waals surface area contributed by atoms with Gasteiger partial charge in [0.25, 0.3) is 0 Å². The van der Waals surface area contributed by atoms with Crippen LogP contribution in [0.4, 0.5) is 0 Å². The average Bonchev–Trinajstić information content (AvgIpc) is 1.72. The summed E-state index contributed by atoms with van der Waals surface area (Å²) in [6, 6.07) is 0. The van der Waals surface area contributed by atoms with Crippen molar-refractivity contribution in [3.8, 4) is 0 Å². The second kappa shape index (κ2) is 8.06. The maximum absolute atomic E-state index is 1.64. The molecular weight excluding hydrogens is 113 g/mol. The van der Waals surface area contributed by atoms with Crippen LogP contribution in [0.25, 0.3) is 0 Å². The Labute approximate surface area is 68.7 Å². The fourth-order valence-electron chi connectivity index (χ4n) is 1.06. The van der Waals surface area contributed by atoms with Crippen LogP contribution in [0.1, 0.15) is 19.3 Å². The molecular formula is C5H11AlFLi. The Kier molecular flexibility index (Phi) is 11.9. The van der Waals surface area contributed by atoms with E-state index < -0.39 is 0 Å². The number of hydrogen-bond acceptors (Lipinski definition) is 0. The van der Waals surface area contributed by atoms with Crippen LogP contribution < -0.4 is 23.6 Å². The summed E-state index contributed by atoms with van der Waals surface area (Å²) in [4.78, 5) is 0. The van der Waals surface area contributed by atoms with E-state index in [1.807, 2.05) is 0 Å². The molecule has 1 aliphatic rings. The molecule has 0 spiro atoms. The molecule has 0 nitrogen and oxygen atoms in total. The van der Waals surface area contributed by atoms with E-state index in [9.17, 15) is 0 Å². The fourth-order valence-corrected chi connectivity index (χ4v) is 2.83. The molecule has 8 heavy (non-hydrogen) atoms. The molecule has 1 aliphatic heterocycles. The Hall–Kier alpha value is 1.06. The minimum Gasteiger partial charge on any atom is -1.00 e. The van der Waals surface area contributed by atoms with Crippen LogP contribution in [0, 0.1) is 0 Å². The molecule has 0 atom stereocenters. The Bertz CT molecular complexity index is 27.9. The van der Waals surface area contributed by atoms with Gasteiger partial charge in [-0.05, 0) is 0 Å². The van der Waals surface area contributed by atoms with E-state index >= 15 is 0 Å². The fraction of sp³-hybridized carbons (Fsp3) is 1.00. The summed E-state index contributed by atoms with van der Waals surface area (Å²) in [5.41, 5.74) is 0. The van der Waals surface area contributed by atoms with E-state index in [1.165, 1.54) is 6.42 Å². The minimum absolute atomic E-state index is 0. The topological polar surface area (TPSA) is 0 Å². The maximum Gasteiger partial charge on any atom is 1.00 e. The van der Waals surface area contributed by atoms with Crippen LogP contribution in [0.5, 0.6) is 0 Å². The third kappa shape index (κ3) is 5.20. The van der Waals surface area contributed by atoms with Crippen molar-refractivity contribution in [1.82, 2.24) is 0 Å². The molecule has 0 bridgehead atoms. The van der Waals surface area contributed by atoms with E-state index in [-0.39, 0.29) is 23.6 Å². The molecule has 0 N–H and O–H groups in total. The predicted octanol–water partition coefficient (Wildman–Crippen LogP) is -4.55. The average molecular weight is 124 g/mol. The van der Waals surface area contributed by atoms with E-state index in [4.69, 9.17) is 0 Å². The molecule has 0 amide bonds. The molecule has 0 unspecified atom stereocenters. The van der Waals surface area contributed by atoms with Crippen molar-refractivity contribution in [1.29, 1.82) is 0 Å². The van der Waals surface area contributed by atoms with Crippen molar-refractivity contribution in [3.63, 3.8) is 0 Å². The molecule has 1 heterocycles. The monoisotopic (exact) mass is 124 g/mol. The maximum atomic E-state index is 1.64. The molecule has 0 aromatic rings. The van der Waals surface area contributed by atoms with Crippen LogP contribution in [0.2, 0.25) is 10.6 Å². The van der Waals surface area contributed by atoms with Crippen LogP contribution >= 0.6 is 0 Å². The van der Waals surface area contributed by atoms with Crippen LogP contribution in [0.15, 0.2) is 0 Å². The summed E-state index contributed by atoms with van der Waals surface area (Å²) in [7, 11) is 0. The molecule has 3 heteroatoms. The van der Waals surface area contributed by atoms with Crippen molar-refractivity contribution in [2.24, 2.45) is 0 Å². The molecule has 0 aliphatic carbocycles. The Morgan fingerprint density at radius 2 is 1.38 bits per heavy atom. The second-order valence-corrected chi connectivity index (χ2v) is 4.24. The van der Waals surface area contributed by atoms with Crippen LogP contribution in [0.3, 0.4) is 0 Å². The predicted molar refractivity (Wildman–Crippen MR) is 30.6 cm³/mol. The summed E-state index contributed by atoms with van der Waals surface area (Å²) in [5.74, 6) is 0. The Balaban J connectivity index is 0. The first-order valence-corrected chi connectivity index (χ1v) is 5.00. The molecule has 0 radical (unpaired) electrons. The molecule has 1 rings (SSSR count). The van der Waals surface area contributed by atoms with Gasteiger partial charge in [0, 0.05) is 0 Å². The van der Waals surface area contributed by atoms with Crippen LogP contribution in [-0.2, 0) is 0 Å². The third-order valence-electron chi connectivity index (χ3n) is 1.50. The van der Waals surface area contributed by atoms with Crippen molar-refractivity contribution in [2.45, 2.75) is 29.8 Å². The Morgan fingerprint density at radius 1 is 0.875 bits per heavy atom. The van der Waals surface area contributed by atoms with Gasteiger partial charge in [0.2, 0.25) is 15.2 Å². The molecule has 42 valence electrons. The van der Waals surface area contributed by atoms with E-state index in [0.29, 0.717) is 15.2 Å². The zero-order valence-corrected chi connectivity index (χ0v) is 7.03. The molecule has 0 saturated carbocycles. The van der Waals surface area contributed by atoms with Gasteiger partial charge in [0.15, 0.2) is 0 Å². The third-order valence-corrected chi connectivity index (χ3v) is 3.50. The first-order chi connectivity index (χ1) is 3.00. The van der Waals surface area contributed by atoms with E-state index in [0.717, 1.165) is 0 Å². The molecule has 0 aromatic heterocycles. The van der Waals surface area contributed by atoms with Gasteiger partial charge in [0.1, 0.15) is 0 Å². The molecule has 0 aromatic carbocycles. The van der Waals surface area contributed by atoms with Gasteiger partial charge in [-0.1, -0.05) is 29.8 Å². The minimum atomic E-state index is 0. The quantitative estimate of drug-likeness (QED) is 0.285. The molecule has 1 fully saturated rings. The van der Waals surface area contributed by atoms with Gasteiger partial charge in [-0.2, -0.15) is 0 Å². The van der Waals surface area contributed by atoms with Crippen molar-refractivity contribution in [2.75, 3.05) is 0 Å². The van der Waals surface area contributed by atoms with Gasteiger partial charge in [-0.3, -0.25) is 0 Å². The van der Waals surface area contributed by atoms with Gasteiger partial charge in [0.05, 0.1) is 0 Å². The second-order valence-electron chi connectivity index (χ2n) is 2.12. The van der Waals surface area contributed by atoms with E-state index in [2.05, 4.69) is 0 Å². The van der Waals surface area contributed by atoms with E-state index in [1.54, 1.807) is 23.4 Å². The number of halogens is 1. The van der Waals surface area contributed by atoms with Gasteiger partial charge in [-0.15, -0.1) is 0 Å². The number of hydrogen-bond donors (Lipinski definition) is 0. The number of rotatable bonds is 0. The zero-order valence-electron chi connectivity index (χ0n) is 5.62. The normalized spacial score (nSPS) is 17.0. The van der Waals surface area contributed by atoms with Gasteiger partial charge in [-0.25, -0.2) is 0 Å². The summed E-state index contributed by atoms with van der Waals surface area (Å²) < 4.78 is 0. The van der Waals surface area contributed by atoms with Crippen molar-refractivity contribution >= 4 is 15.2 Å². The molecule has 1 saturated heterocycles. The Morgan fingerprint density at radius 3 is 1.50 bits per heavy atom. The zero-order chi connectivity index (χ0) is 4.24. The summed E-state index contributed by atoms with van der Waals surface area (Å²) in [6.07, 6.45) is 4.66. The standard InChI is InChI=1S/C5H10.Al.FH.Li.H/c1-3-5-4-2;;;;/h1-5H2;;1H;;/q;;;+1;/p-1. The summed E-state index contributed by atoms with van der Waals surface area (Å²) in [5, 5.41) is 3.28. The first-order valence-electron chi connectivity index (χ1n) is 3.00. The van der Waals surface area contributed by atoms with Crippen molar-refractivity contribution < 1.29 is 23.6 Å². The first kappa shape index (κ1) is 11.8. The van der Waals surface area contributed by atoms with Crippen LogP contribution in [-0.4, -0.2) is 15.2 Å². The largest absolute Gasteiger partial charge is 1.00 e. The SMILES string of the molecule is C1C[CH2][AlH][CH2]C1.[F-].[Li+]. The van der Waals surface area contributed by atoms with Crippen molar-refractivity contribution in [3.05, 3.63) is 0 Å². The van der Waals surface area contributed by atoms with Gasteiger partial charge >= 0.3 is 18.9 Å².